The molecule has 1 saturated heterocycles. The van der Waals surface area contributed by atoms with Crippen molar-refractivity contribution in [1.82, 2.24) is 9.80 Å². The van der Waals surface area contributed by atoms with Gasteiger partial charge in [0, 0.05) is 43.0 Å². The van der Waals surface area contributed by atoms with E-state index < -0.39 is 17.5 Å². The van der Waals surface area contributed by atoms with E-state index >= 15 is 0 Å². The predicted octanol–water partition coefficient (Wildman–Crippen LogP) is 4.48. The van der Waals surface area contributed by atoms with Crippen molar-refractivity contribution in [3.63, 3.8) is 0 Å². The lowest BCUT2D eigenvalue weighted by Gasteiger charge is -2.40. The summed E-state index contributed by atoms with van der Waals surface area (Å²) in [7, 11) is 0. The lowest BCUT2D eigenvalue weighted by Crippen LogP contribution is -2.50. The van der Waals surface area contributed by atoms with Gasteiger partial charge in [-0.25, -0.2) is 4.79 Å². The minimum atomic E-state index is -4.47. The smallest absolute Gasteiger partial charge is 0.339 e. The number of hydrogen-bond donors (Lipinski definition) is 1. The van der Waals surface area contributed by atoms with E-state index in [-0.39, 0.29) is 23.5 Å². The highest BCUT2D eigenvalue weighted by molar-refractivity contribution is 6.07. The Hall–Kier alpha value is -3.62. The Labute approximate surface area is 188 Å². The van der Waals surface area contributed by atoms with Gasteiger partial charge in [-0.05, 0) is 42.7 Å². The van der Waals surface area contributed by atoms with E-state index in [1.165, 1.54) is 0 Å². The lowest BCUT2D eigenvalue weighted by molar-refractivity contribution is -0.137. The van der Waals surface area contributed by atoms with Gasteiger partial charge in [0.05, 0.1) is 5.56 Å². The number of halogens is 3. The van der Waals surface area contributed by atoms with Gasteiger partial charge in [-0.2, -0.15) is 13.2 Å². The van der Waals surface area contributed by atoms with Crippen LogP contribution in [0, 0.1) is 0 Å². The summed E-state index contributed by atoms with van der Waals surface area (Å²) in [6, 6.07) is 11.3. The molecule has 0 atom stereocenters. The Kier molecular flexibility index (Phi) is 6.22. The number of nitrogens with zero attached hydrogens (tertiary/aromatic N) is 2. The standard InChI is InChI=1S/C24H22F3N3O3/c25-24(26,27)18-7-5-16(6-8-18)21(31)9-10-22(32)29-13-11-19(12-14-29)30-15-17-3-1-2-4-20(17)28-23(30)33/h1-10,19H,11-15H2,(H,28,33)/b10-9+. The average Bonchev–Trinajstić information content (AvgIpc) is 2.81. The van der Waals surface area contributed by atoms with Gasteiger partial charge >= 0.3 is 12.2 Å². The summed E-state index contributed by atoms with van der Waals surface area (Å²) in [5.41, 5.74) is 1.09. The van der Waals surface area contributed by atoms with Crippen LogP contribution in [0.5, 0.6) is 0 Å². The number of para-hydroxylation sites is 1. The van der Waals surface area contributed by atoms with Gasteiger partial charge in [0.2, 0.25) is 5.91 Å². The van der Waals surface area contributed by atoms with Crippen molar-refractivity contribution in [2.75, 3.05) is 18.4 Å². The van der Waals surface area contributed by atoms with Crippen LogP contribution in [0.25, 0.3) is 0 Å². The summed E-state index contributed by atoms with van der Waals surface area (Å²) < 4.78 is 37.9. The number of carbonyl (C=O) groups excluding carboxylic acids is 3. The van der Waals surface area contributed by atoms with E-state index in [4.69, 9.17) is 0 Å². The maximum Gasteiger partial charge on any atom is 0.416 e. The van der Waals surface area contributed by atoms with Crippen molar-refractivity contribution in [3.05, 3.63) is 77.4 Å². The highest BCUT2D eigenvalue weighted by atomic mass is 19.4. The fourth-order valence-corrected chi connectivity index (χ4v) is 4.09. The lowest BCUT2D eigenvalue weighted by atomic mass is 10.0. The molecular formula is C24H22F3N3O3. The summed E-state index contributed by atoms with van der Waals surface area (Å²) in [6.07, 6.45) is -1.03. The van der Waals surface area contributed by atoms with Gasteiger partial charge in [0.25, 0.3) is 0 Å². The molecule has 0 spiro atoms. The highest BCUT2D eigenvalue weighted by Crippen LogP contribution is 2.29. The van der Waals surface area contributed by atoms with E-state index in [9.17, 15) is 27.6 Å². The summed E-state index contributed by atoms with van der Waals surface area (Å²) in [6.45, 7) is 1.39. The second-order valence-corrected chi connectivity index (χ2v) is 8.04. The zero-order chi connectivity index (χ0) is 23.6. The molecule has 2 heterocycles. The second-order valence-electron chi connectivity index (χ2n) is 8.04. The minimum absolute atomic E-state index is 0.000153. The van der Waals surface area contributed by atoms with Crippen LogP contribution in [-0.2, 0) is 17.5 Å². The number of benzene rings is 2. The number of alkyl halides is 3. The van der Waals surface area contributed by atoms with Crippen LogP contribution in [0.2, 0.25) is 0 Å². The zero-order valence-electron chi connectivity index (χ0n) is 17.6. The summed E-state index contributed by atoms with van der Waals surface area (Å²) in [4.78, 5) is 40.5. The SMILES string of the molecule is O=C(/C=C/C(=O)N1CCC(N2Cc3ccccc3NC2=O)CC1)c1ccc(C(F)(F)F)cc1. The van der Waals surface area contributed by atoms with Gasteiger partial charge in [-0.1, -0.05) is 30.3 Å². The van der Waals surface area contributed by atoms with E-state index in [0.29, 0.717) is 32.5 Å². The molecule has 9 heteroatoms. The Bertz CT molecular complexity index is 1090. The minimum Gasteiger partial charge on any atom is -0.339 e. The van der Waals surface area contributed by atoms with Crippen molar-refractivity contribution >= 4 is 23.4 Å². The fraction of sp³-hybridized carbons (Fsp3) is 0.292. The second kappa shape index (κ2) is 9.09. The Morgan fingerprint density at radius 2 is 1.64 bits per heavy atom. The van der Waals surface area contributed by atoms with E-state index in [1.54, 1.807) is 9.80 Å². The molecule has 33 heavy (non-hydrogen) atoms. The number of anilines is 1. The van der Waals surface area contributed by atoms with Crippen LogP contribution in [0.3, 0.4) is 0 Å². The number of ketones is 1. The number of carbonyl (C=O) groups is 3. The first kappa shape index (κ1) is 22.6. The first-order chi connectivity index (χ1) is 15.7. The molecule has 2 aromatic carbocycles. The normalized spacial score (nSPS) is 17.1. The number of allylic oxidation sites excluding steroid dienone is 1. The number of piperidine rings is 1. The fourth-order valence-electron chi connectivity index (χ4n) is 4.09. The van der Waals surface area contributed by atoms with E-state index in [0.717, 1.165) is 47.7 Å². The molecule has 2 aromatic rings. The summed E-state index contributed by atoms with van der Waals surface area (Å²) in [5.74, 6) is -0.891. The van der Waals surface area contributed by atoms with Crippen molar-refractivity contribution in [2.24, 2.45) is 0 Å². The maximum absolute atomic E-state index is 12.6. The van der Waals surface area contributed by atoms with E-state index in [2.05, 4.69) is 5.32 Å². The third-order valence-electron chi connectivity index (χ3n) is 5.95. The molecule has 4 rings (SSSR count). The van der Waals surface area contributed by atoms with Crippen LogP contribution >= 0.6 is 0 Å². The van der Waals surface area contributed by atoms with Crippen LogP contribution in [0.1, 0.15) is 34.3 Å². The third kappa shape index (κ3) is 5.08. The summed E-state index contributed by atoms with van der Waals surface area (Å²) in [5, 5.41) is 2.90. The van der Waals surface area contributed by atoms with Crippen molar-refractivity contribution in [2.45, 2.75) is 31.6 Å². The average molecular weight is 457 g/mol. The monoisotopic (exact) mass is 457 g/mol. The molecule has 1 fully saturated rings. The summed E-state index contributed by atoms with van der Waals surface area (Å²) >= 11 is 0. The molecule has 6 nitrogen and oxygen atoms in total. The maximum atomic E-state index is 12.6. The van der Waals surface area contributed by atoms with Gasteiger partial charge in [0.15, 0.2) is 5.78 Å². The number of nitrogens with one attached hydrogen (secondary N) is 1. The topological polar surface area (TPSA) is 69.7 Å². The molecule has 0 aromatic heterocycles. The molecule has 2 aliphatic rings. The molecule has 0 aliphatic carbocycles. The highest BCUT2D eigenvalue weighted by Gasteiger charge is 2.32. The molecule has 1 N–H and O–H groups in total. The number of likely N-dealkylation sites (tertiary alicyclic amines) is 1. The van der Waals surface area contributed by atoms with Gasteiger partial charge in [-0.3, -0.25) is 9.59 Å². The molecule has 0 bridgehead atoms. The number of amides is 3. The van der Waals surface area contributed by atoms with Crippen LogP contribution < -0.4 is 5.32 Å². The Balaban J connectivity index is 1.31. The number of urea groups is 1. The first-order valence-electron chi connectivity index (χ1n) is 10.6. The van der Waals surface area contributed by atoms with Crippen molar-refractivity contribution < 1.29 is 27.6 Å². The Morgan fingerprint density at radius 3 is 2.30 bits per heavy atom. The van der Waals surface area contributed by atoms with Crippen molar-refractivity contribution in [3.8, 4) is 0 Å². The molecule has 0 radical (unpaired) electrons. The molecule has 0 saturated carbocycles. The van der Waals surface area contributed by atoms with Crippen molar-refractivity contribution in [1.29, 1.82) is 0 Å². The molecule has 0 unspecified atom stereocenters. The third-order valence-corrected chi connectivity index (χ3v) is 5.95. The van der Waals surface area contributed by atoms with Gasteiger partial charge < -0.3 is 15.1 Å². The first-order valence-corrected chi connectivity index (χ1v) is 10.6. The molecule has 172 valence electrons. The Morgan fingerprint density at radius 1 is 0.970 bits per heavy atom. The quantitative estimate of drug-likeness (QED) is 0.544. The van der Waals surface area contributed by atoms with Gasteiger partial charge in [-0.15, -0.1) is 0 Å². The largest absolute Gasteiger partial charge is 0.416 e. The molecular weight excluding hydrogens is 435 g/mol. The van der Waals surface area contributed by atoms with Crippen LogP contribution in [0.15, 0.2) is 60.7 Å². The van der Waals surface area contributed by atoms with Crippen LogP contribution in [0.4, 0.5) is 23.7 Å². The number of hydrogen-bond acceptors (Lipinski definition) is 3. The molecule has 2 aliphatic heterocycles. The van der Waals surface area contributed by atoms with E-state index in [1.807, 2.05) is 24.3 Å². The predicted molar refractivity (Wildman–Crippen MR) is 116 cm³/mol. The molecule has 3 amide bonds. The van der Waals surface area contributed by atoms with Crippen LogP contribution in [-0.4, -0.2) is 46.7 Å². The number of rotatable bonds is 4. The number of fused-ring (bicyclic) bond motifs is 1. The zero-order valence-corrected chi connectivity index (χ0v) is 17.6. The van der Waals surface area contributed by atoms with Gasteiger partial charge in [0.1, 0.15) is 0 Å².